The lowest BCUT2D eigenvalue weighted by Crippen LogP contribution is -2.41. The molecule has 1 aliphatic heterocycles. The molecular formula is C16H23F2NO2. The number of halogens is 2. The first-order chi connectivity index (χ1) is 10.1. The number of piperidine rings is 1. The van der Waals surface area contributed by atoms with Gasteiger partial charge in [-0.3, -0.25) is 4.90 Å². The Bertz CT molecular complexity index is 422. The molecule has 1 aromatic carbocycles. The lowest BCUT2D eigenvalue weighted by atomic mass is 9.77. The fourth-order valence-corrected chi connectivity index (χ4v) is 2.84. The summed E-state index contributed by atoms with van der Waals surface area (Å²) in [4.78, 5) is 2.34. The van der Waals surface area contributed by atoms with Crippen molar-refractivity contribution in [3.05, 3.63) is 29.8 Å². The minimum atomic E-state index is -2.78. The fourth-order valence-electron chi connectivity index (χ4n) is 2.84. The molecule has 0 atom stereocenters. The summed E-state index contributed by atoms with van der Waals surface area (Å²) in [6, 6.07) is 6.81. The summed E-state index contributed by atoms with van der Waals surface area (Å²) < 4.78 is 28.5. The number of aliphatic hydroxyl groups excluding tert-OH is 1. The predicted octanol–water partition coefficient (Wildman–Crippen LogP) is 3.27. The highest BCUT2D eigenvalue weighted by Gasteiger charge is 2.32. The van der Waals surface area contributed by atoms with Crippen molar-refractivity contribution in [3.8, 4) is 5.75 Å². The van der Waals surface area contributed by atoms with Crippen LogP contribution in [0.2, 0.25) is 0 Å². The molecule has 1 aromatic rings. The molecule has 1 saturated heterocycles. The van der Waals surface area contributed by atoms with Crippen LogP contribution < -0.4 is 4.74 Å². The van der Waals surface area contributed by atoms with Crippen molar-refractivity contribution in [2.45, 2.75) is 39.3 Å². The number of hydrogen-bond donors (Lipinski definition) is 1. The zero-order chi connectivity index (χ0) is 15.3. The third-order valence-corrected chi connectivity index (χ3v) is 4.56. The smallest absolute Gasteiger partial charge is 0.387 e. The molecular weight excluding hydrogens is 276 g/mol. The van der Waals surface area contributed by atoms with E-state index in [-0.39, 0.29) is 17.8 Å². The Morgan fingerprint density at radius 2 is 1.86 bits per heavy atom. The maximum atomic E-state index is 12.1. The summed E-state index contributed by atoms with van der Waals surface area (Å²) >= 11 is 0. The molecule has 0 radical (unpaired) electrons. The van der Waals surface area contributed by atoms with Crippen molar-refractivity contribution in [1.82, 2.24) is 4.90 Å². The van der Waals surface area contributed by atoms with Gasteiger partial charge in [0.1, 0.15) is 5.75 Å². The molecule has 5 heteroatoms. The molecule has 21 heavy (non-hydrogen) atoms. The second-order valence-corrected chi connectivity index (χ2v) is 5.81. The molecule has 3 nitrogen and oxygen atoms in total. The van der Waals surface area contributed by atoms with Gasteiger partial charge in [-0.05, 0) is 55.5 Å². The molecule has 0 saturated carbocycles. The van der Waals surface area contributed by atoms with Gasteiger partial charge in [-0.2, -0.15) is 8.78 Å². The van der Waals surface area contributed by atoms with Crippen molar-refractivity contribution >= 4 is 0 Å². The summed E-state index contributed by atoms with van der Waals surface area (Å²) in [5.74, 6) is 0.192. The second-order valence-electron chi connectivity index (χ2n) is 5.81. The normalized spacial score (nSPS) is 18.9. The van der Waals surface area contributed by atoms with Gasteiger partial charge in [-0.25, -0.2) is 0 Å². The first-order valence-corrected chi connectivity index (χ1v) is 7.44. The standard InChI is InChI=1S/C16H23F2NO2/c1-2-16(12-20)7-9-19(10-8-16)11-13-3-5-14(6-4-13)21-15(17)18/h3-6,15,20H,2,7-12H2,1H3. The number of rotatable bonds is 6. The summed E-state index contributed by atoms with van der Waals surface area (Å²) in [6.45, 7) is 2.34. The van der Waals surface area contributed by atoms with Gasteiger partial charge in [0, 0.05) is 13.2 Å². The van der Waals surface area contributed by atoms with E-state index in [0.29, 0.717) is 0 Å². The Hall–Kier alpha value is -1.20. The molecule has 0 aliphatic carbocycles. The number of nitrogens with zero attached hydrogens (tertiary/aromatic N) is 1. The van der Waals surface area contributed by atoms with Crippen molar-refractivity contribution < 1.29 is 18.6 Å². The third-order valence-electron chi connectivity index (χ3n) is 4.56. The largest absolute Gasteiger partial charge is 0.435 e. The molecule has 0 unspecified atom stereocenters. The van der Waals surface area contributed by atoms with Gasteiger partial charge in [0.25, 0.3) is 0 Å². The van der Waals surface area contributed by atoms with Gasteiger partial charge in [0.05, 0.1) is 0 Å². The number of benzene rings is 1. The average Bonchev–Trinajstić information content (AvgIpc) is 2.50. The van der Waals surface area contributed by atoms with E-state index in [1.165, 1.54) is 0 Å². The Labute approximate surface area is 124 Å². The third kappa shape index (κ3) is 4.38. The topological polar surface area (TPSA) is 32.7 Å². The first kappa shape index (κ1) is 16.2. The molecule has 118 valence electrons. The Balaban J connectivity index is 1.86. The van der Waals surface area contributed by atoms with Crippen LogP contribution in [0.15, 0.2) is 24.3 Å². The van der Waals surface area contributed by atoms with Crippen LogP contribution in [0.25, 0.3) is 0 Å². The second kappa shape index (κ2) is 7.18. The zero-order valence-corrected chi connectivity index (χ0v) is 12.4. The summed E-state index contributed by atoms with van der Waals surface area (Å²) in [5, 5.41) is 9.53. The number of aliphatic hydroxyl groups is 1. The Kier molecular flexibility index (Phi) is 5.53. The number of ether oxygens (including phenoxy) is 1. The summed E-state index contributed by atoms with van der Waals surface area (Å²) in [7, 11) is 0. The van der Waals surface area contributed by atoms with Gasteiger partial charge < -0.3 is 9.84 Å². The zero-order valence-electron chi connectivity index (χ0n) is 12.4. The van der Waals surface area contributed by atoms with Gasteiger partial charge >= 0.3 is 6.61 Å². The van der Waals surface area contributed by atoms with E-state index in [0.717, 1.165) is 44.5 Å². The van der Waals surface area contributed by atoms with Crippen molar-refractivity contribution in [3.63, 3.8) is 0 Å². The van der Waals surface area contributed by atoms with E-state index in [9.17, 15) is 13.9 Å². The van der Waals surface area contributed by atoms with Crippen LogP contribution in [0.3, 0.4) is 0 Å². The van der Waals surface area contributed by atoms with Gasteiger partial charge in [0.2, 0.25) is 0 Å². The average molecular weight is 299 g/mol. The lowest BCUT2D eigenvalue weighted by Gasteiger charge is -2.40. The van der Waals surface area contributed by atoms with Crippen LogP contribution in [0.1, 0.15) is 31.7 Å². The highest BCUT2D eigenvalue weighted by molar-refractivity contribution is 5.27. The predicted molar refractivity (Wildman–Crippen MR) is 77.4 cm³/mol. The highest BCUT2D eigenvalue weighted by atomic mass is 19.3. The maximum absolute atomic E-state index is 12.1. The van der Waals surface area contributed by atoms with Crippen LogP contribution in [-0.2, 0) is 6.54 Å². The summed E-state index contributed by atoms with van der Waals surface area (Å²) in [6.07, 6.45) is 3.02. The van der Waals surface area contributed by atoms with E-state index in [2.05, 4.69) is 16.6 Å². The maximum Gasteiger partial charge on any atom is 0.387 e. The molecule has 0 bridgehead atoms. The SMILES string of the molecule is CCC1(CO)CCN(Cc2ccc(OC(F)F)cc2)CC1. The fraction of sp³-hybridized carbons (Fsp3) is 0.625. The molecule has 2 rings (SSSR count). The van der Waals surface area contributed by atoms with E-state index < -0.39 is 6.61 Å². The van der Waals surface area contributed by atoms with Crippen molar-refractivity contribution in [2.24, 2.45) is 5.41 Å². The molecule has 0 aromatic heterocycles. The first-order valence-electron chi connectivity index (χ1n) is 7.44. The van der Waals surface area contributed by atoms with E-state index >= 15 is 0 Å². The Morgan fingerprint density at radius 3 is 2.33 bits per heavy atom. The van der Waals surface area contributed by atoms with E-state index in [1.807, 2.05) is 12.1 Å². The van der Waals surface area contributed by atoms with Crippen LogP contribution in [0.4, 0.5) is 8.78 Å². The lowest BCUT2D eigenvalue weighted by molar-refractivity contribution is -0.0498. The van der Waals surface area contributed by atoms with Crippen LogP contribution in [0.5, 0.6) is 5.75 Å². The van der Waals surface area contributed by atoms with Crippen LogP contribution >= 0.6 is 0 Å². The highest BCUT2D eigenvalue weighted by Crippen LogP contribution is 2.34. The monoisotopic (exact) mass is 299 g/mol. The van der Waals surface area contributed by atoms with E-state index in [4.69, 9.17) is 0 Å². The van der Waals surface area contributed by atoms with E-state index in [1.54, 1.807) is 12.1 Å². The van der Waals surface area contributed by atoms with Crippen molar-refractivity contribution in [1.29, 1.82) is 0 Å². The van der Waals surface area contributed by atoms with Gasteiger partial charge in [0.15, 0.2) is 0 Å². The quantitative estimate of drug-likeness (QED) is 0.875. The molecule has 1 heterocycles. The molecule has 1 fully saturated rings. The molecule has 0 amide bonds. The number of hydrogen-bond acceptors (Lipinski definition) is 3. The number of alkyl halides is 2. The molecule has 0 spiro atoms. The van der Waals surface area contributed by atoms with Gasteiger partial charge in [-0.15, -0.1) is 0 Å². The minimum absolute atomic E-state index is 0.0888. The molecule has 1 aliphatic rings. The van der Waals surface area contributed by atoms with Crippen LogP contribution in [-0.4, -0.2) is 36.3 Å². The van der Waals surface area contributed by atoms with Crippen LogP contribution in [0, 0.1) is 5.41 Å². The van der Waals surface area contributed by atoms with Crippen molar-refractivity contribution in [2.75, 3.05) is 19.7 Å². The van der Waals surface area contributed by atoms with Gasteiger partial charge in [-0.1, -0.05) is 19.1 Å². The Morgan fingerprint density at radius 1 is 1.24 bits per heavy atom. The minimum Gasteiger partial charge on any atom is -0.435 e. The summed E-state index contributed by atoms with van der Waals surface area (Å²) in [5.41, 5.74) is 1.18. The molecule has 1 N–H and O–H groups in total. The number of likely N-dealkylation sites (tertiary alicyclic amines) is 1.